The van der Waals surface area contributed by atoms with Gasteiger partial charge in [-0.15, -0.1) is 11.3 Å². The Morgan fingerprint density at radius 3 is 3.07 bits per heavy atom. The van der Waals surface area contributed by atoms with Crippen molar-refractivity contribution in [1.82, 2.24) is 4.90 Å². The first kappa shape index (κ1) is 11.1. The molecule has 0 radical (unpaired) electrons. The van der Waals surface area contributed by atoms with Crippen molar-refractivity contribution in [3.63, 3.8) is 0 Å². The molecular weight excluding hydrogens is 276 g/mol. The Hall–Kier alpha value is -0.390. The fourth-order valence-corrected chi connectivity index (χ4v) is 2.93. The molecule has 2 heterocycles. The predicted molar refractivity (Wildman–Crippen MR) is 65.1 cm³/mol. The number of carbonyl (C=O) groups is 1. The molecule has 2 rings (SSSR count). The Labute approximate surface area is 101 Å². The monoisotopic (exact) mass is 288 g/mol. The average molecular weight is 289 g/mol. The van der Waals surface area contributed by atoms with Crippen LogP contribution in [-0.2, 0) is 0 Å². The van der Waals surface area contributed by atoms with E-state index in [0.717, 1.165) is 28.7 Å². The Morgan fingerprint density at radius 1 is 1.67 bits per heavy atom. The van der Waals surface area contributed by atoms with Gasteiger partial charge in [0, 0.05) is 24.5 Å². The van der Waals surface area contributed by atoms with Gasteiger partial charge in [-0.2, -0.15) is 0 Å². The molecule has 0 bridgehead atoms. The Balaban J connectivity index is 2.07. The van der Waals surface area contributed by atoms with Crippen molar-refractivity contribution in [3.05, 3.63) is 20.8 Å². The van der Waals surface area contributed by atoms with E-state index in [1.165, 1.54) is 11.3 Å². The van der Waals surface area contributed by atoms with Crippen LogP contribution in [0.2, 0.25) is 0 Å². The van der Waals surface area contributed by atoms with Crippen molar-refractivity contribution in [1.29, 1.82) is 0 Å². The summed E-state index contributed by atoms with van der Waals surface area (Å²) in [6.07, 6.45) is 2.04. The first-order chi connectivity index (χ1) is 7.16. The zero-order chi connectivity index (χ0) is 10.8. The molecule has 1 aliphatic rings. The Bertz CT molecular complexity index is 366. The van der Waals surface area contributed by atoms with Crippen molar-refractivity contribution in [2.24, 2.45) is 5.73 Å². The number of carbonyl (C=O) groups excluding carboxylic acids is 1. The molecule has 0 spiro atoms. The van der Waals surface area contributed by atoms with E-state index in [-0.39, 0.29) is 11.9 Å². The van der Waals surface area contributed by atoms with Crippen LogP contribution in [0.1, 0.15) is 23.2 Å². The molecule has 0 aromatic carbocycles. The van der Waals surface area contributed by atoms with Crippen LogP contribution in [0.25, 0.3) is 0 Å². The highest BCUT2D eigenvalue weighted by molar-refractivity contribution is 9.11. The van der Waals surface area contributed by atoms with Crippen LogP contribution in [0.15, 0.2) is 15.2 Å². The minimum atomic E-state index is 0.104. The molecule has 0 aliphatic carbocycles. The summed E-state index contributed by atoms with van der Waals surface area (Å²) in [5.74, 6) is 0.104. The molecule has 1 aromatic heterocycles. The van der Waals surface area contributed by atoms with Crippen LogP contribution in [0, 0.1) is 0 Å². The van der Waals surface area contributed by atoms with Gasteiger partial charge in [-0.05, 0) is 34.8 Å². The number of hydrogen-bond acceptors (Lipinski definition) is 3. The number of likely N-dealkylation sites (tertiary alicyclic amines) is 1. The first-order valence-corrected chi connectivity index (χ1v) is 6.63. The molecule has 3 nitrogen and oxygen atoms in total. The van der Waals surface area contributed by atoms with Crippen LogP contribution in [0.5, 0.6) is 0 Å². The minimum Gasteiger partial charge on any atom is -0.337 e. The summed E-state index contributed by atoms with van der Waals surface area (Å²) in [4.78, 5) is 13.9. The fraction of sp³-hybridized carbons (Fsp3) is 0.500. The normalized spacial score (nSPS) is 21.7. The van der Waals surface area contributed by atoms with E-state index in [1.54, 1.807) is 0 Å². The summed E-state index contributed by atoms with van der Waals surface area (Å²) in [6.45, 7) is 1.52. The van der Waals surface area contributed by atoms with Crippen LogP contribution in [0.4, 0.5) is 0 Å². The number of nitrogens with two attached hydrogens (primary N) is 1. The summed E-state index contributed by atoms with van der Waals surface area (Å²) < 4.78 is 0.993. The molecule has 1 aromatic rings. The van der Waals surface area contributed by atoms with E-state index >= 15 is 0 Å². The molecule has 0 unspecified atom stereocenters. The summed E-state index contributed by atoms with van der Waals surface area (Å²) in [7, 11) is 0. The van der Waals surface area contributed by atoms with E-state index in [1.807, 2.05) is 16.3 Å². The number of halogens is 1. The highest BCUT2D eigenvalue weighted by Gasteiger charge is 2.22. The van der Waals surface area contributed by atoms with E-state index < -0.39 is 0 Å². The lowest BCUT2D eigenvalue weighted by atomic mass is 10.1. The molecule has 0 saturated carbocycles. The van der Waals surface area contributed by atoms with Gasteiger partial charge < -0.3 is 10.6 Å². The zero-order valence-corrected chi connectivity index (χ0v) is 10.7. The zero-order valence-electron chi connectivity index (χ0n) is 8.28. The summed E-state index contributed by atoms with van der Waals surface area (Å²) >= 11 is 4.89. The number of amides is 1. The molecular formula is C10H13BrN2OS. The van der Waals surface area contributed by atoms with Gasteiger partial charge in [-0.25, -0.2) is 0 Å². The number of rotatable bonds is 1. The molecule has 5 heteroatoms. The Morgan fingerprint density at radius 2 is 2.47 bits per heavy atom. The maximum atomic E-state index is 12.0. The van der Waals surface area contributed by atoms with Gasteiger partial charge in [0.1, 0.15) is 0 Å². The van der Waals surface area contributed by atoms with Gasteiger partial charge in [0.05, 0.1) is 9.35 Å². The van der Waals surface area contributed by atoms with Crippen molar-refractivity contribution >= 4 is 33.2 Å². The van der Waals surface area contributed by atoms with Crippen molar-refractivity contribution in [2.45, 2.75) is 18.9 Å². The SMILES string of the molecule is N[C@@H]1CCCN(C(=O)c2csc(Br)c2)C1. The molecule has 1 fully saturated rings. The van der Waals surface area contributed by atoms with Crippen LogP contribution < -0.4 is 5.73 Å². The molecule has 1 saturated heterocycles. The lowest BCUT2D eigenvalue weighted by molar-refractivity contribution is 0.0709. The highest BCUT2D eigenvalue weighted by Crippen LogP contribution is 2.22. The average Bonchev–Trinajstić information content (AvgIpc) is 2.64. The van der Waals surface area contributed by atoms with Crippen LogP contribution in [-0.4, -0.2) is 29.9 Å². The standard InChI is InChI=1S/C10H13BrN2OS/c11-9-4-7(6-15-9)10(14)13-3-1-2-8(12)5-13/h4,6,8H,1-3,5,12H2/t8-/m1/s1. The molecule has 1 aliphatic heterocycles. The van der Waals surface area contributed by atoms with Gasteiger partial charge in [-0.3, -0.25) is 4.79 Å². The maximum absolute atomic E-state index is 12.0. The van der Waals surface area contributed by atoms with E-state index in [0.29, 0.717) is 6.54 Å². The van der Waals surface area contributed by atoms with Crippen LogP contribution >= 0.6 is 27.3 Å². The largest absolute Gasteiger partial charge is 0.337 e. The second-order valence-electron chi connectivity index (χ2n) is 3.79. The van der Waals surface area contributed by atoms with Crippen LogP contribution in [0.3, 0.4) is 0 Å². The molecule has 1 amide bonds. The van der Waals surface area contributed by atoms with Crippen molar-refractivity contribution < 1.29 is 4.79 Å². The number of piperidine rings is 1. The summed E-state index contributed by atoms with van der Waals surface area (Å²) in [5, 5.41) is 1.88. The van der Waals surface area contributed by atoms with E-state index in [2.05, 4.69) is 15.9 Å². The van der Waals surface area contributed by atoms with E-state index in [4.69, 9.17) is 5.73 Å². The number of thiophene rings is 1. The highest BCUT2D eigenvalue weighted by atomic mass is 79.9. The van der Waals surface area contributed by atoms with Crippen molar-refractivity contribution in [3.8, 4) is 0 Å². The van der Waals surface area contributed by atoms with Gasteiger partial charge >= 0.3 is 0 Å². The fourth-order valence-electron chi connectivity index (χ4n) is 1.80. The van der Waals surface area contributed by atoms with E-state index in [9.17, 15) is 4.79 Å². The Kier molecular flexibility index (Phi) is 3.43. The molecule has 2 N–H and O–H groups in total. The number of nitrogens with zero attached hydrogens (tertiary/aromatic N) is 1. The maximum Gasteiger partial charge on any atom is 0.254 e. The second kappa shape index (κ2) is 4.63. The lowest BCUT2D eigenvalue weighted by Crippen LogP contribution is -2.45. The van der Waals surface area contributed by atoms with Gasteiger partial charge in [0.2, 0.25) is 0 Å². The quantitative estimate of drug-likeness (QED) is 0.860. The second-order valence-corrected chi connectivity index (χ2v) is 6.08. The summed E-state index contributed by atoms with van der Waals surface area (Å²) in [6, 6.07) is 2.01. The molecule has 1 atom stereocenters. The minimum absolute atomic E-state index is 0.104. The van der Waals surface area contributed by atoms with Gasteiger partial charge in [-0.1, -0.05) is 0 Å². The third kappa shape index (κ3) is 2.59. The topological polar surface area (TPSA) is 46.3 Å². The smallest absolute Gasteiger partial charge is 0.254 e. The van der Waals surface area contributed by atoms with Gasteiger partial charge in [0.25, 0.3) is 5.91 Å². The lowest BCUT2D eigenvalue weighted by Gasteiger charge is -2.30. The predicted octanol–water partition coefficient (Wildman–Crippen LogP) is 2.07. The number of hydrogen-bond donors (Lipinski definition) is 1. The third-order valence-corrected chi connectivity index (χ3v) is 4.06. The van der Waals surface area contributed by atoms with Gasteiger partial charge in [0.15, 0.2) is 0 Å². The molecule has 82 valence electrons. The molecule has 15 heavy (non-hydrogen) atoms. The first-order valence-electron chi connectivity index (χ1n) is 4.95. The van der Waals surface area contributed by atoms with Crippen molar-refractivity contribution in [2.75, 3.05) is 13.1 Å². The third-order valence-electron chi connectivity index (χ3n) is 2.56. The summed E-state index contributed by atoms with van der Waals surface area (Å²) in [5.41, 5.74) is 6.61.